The van der Waals surface area contributed by atoms with Crippen LogP contribution in [0.3, 0.4) is 0 Å². The zero-order valence-electron chi connectivity index (χ0n) is 7.48. The van der Waals surface area contributed by atoms with E-state index in [0.717, 1.165) is 0 Å². The molecule has 0 unspecified atom stereocenters. The number of hydrogen-bond donors (Lipinski definition) is 1. The fourth-order valence-electron chi connectivity index (χ4n) is 1.98. The van der Waals surface area contributed by atoms with Gasteiger partial charge in [0.2, 0.25) is 5.91 Å². The standard InChI is InChI=1S/C8H11NO3S.Na.H/c1-8(2)6(7(11)12)9-4(10)3-5(9)13-8;;/h5-6H,3H2,1-2H3,(H,11,12);;/t5-,6+;;/m1../s1. The van der Waals surface area contributed by atoms with Crippen LogP contribution in [0.1, 0.15) is 20.3 Å². The molecule has 2 rings (SSSR count). The summed E-state index contributed by atoms with van der Waals surface area (Å²) in [6.45, 7) is 3.75. The van der Waals surface area contributed by atoms with E-state index in [1.54, 1.807) is 11.8 Å². The van der Waals surface area contributed by atoms with E-state index in [1.165, 1.54) is 4.90 Å². The molecule has 74 valence electrons. The molecule has 14 heavy (non-hydrogen) atoms. The Kier molecular flexibility index (Phi) is 3.27. The number of carbonyl (C=O) groups is 2. The Morgan fingerprint density at radius 3 is 2.57 bits per heavy atom. The molecule has 0 saturated carbocycles. The number of hydrogen-bond acceptors (Lipinski definition) is 3. The predicted molar refractivity (Wildman–Crippen MR) is 55.5 cm³/mol. The first-order chi connectivity index (χ1) is 5.93. The van der Waals surface area contributed by atoms with Gasteiger partial charge in [-0.25, -0.2) is 4.79 Å². The van der Waals surface area contributed by atoms with Gasteiger partial charge in [-0.1, -0.05) is 0 Å². The second kappa shape index (κ2) is 3.70. The Hall–Kier alpha value is 0.290. The monoisotopic (exact) mass is 225 g/mol. The Labute approximate surface area is 109 Å². The SMILES string of the molecule is CC1(C)S[C@@H]2CC(=O)N2[C@H]1C(=O)O.[NaH]. The molecule has 4 nitrogen and oxygen atoms in total. The molecule has 2 heterocycles. The van der Waals surface area contributed by atoms with Crippen LogP contribution in [0.5, 0.6) is 0 Å². The van der Waals surface area contributed by atoms with Crippen molar-refractivity contribution in [1.82, 2.24) is 4.90 Å². The summed E-state index contributed by atoms with van der Waals surface area (Å²) in [5, 5.41) is 9.08. The van der Waals surface area contributed by atoms with Crippen LogP contribution in [0.2, 0.25) is 0 Å². The molecule has 2 aliphatic heterocycles. The normalized spacial score (nSPS) is 33.0. The molecule has 0 aromatic carbocycles. The Bertz CT molecular complexity index is 294. The van der Waals surface area contributed by atoms with E-state index in [0.29, 0.717) is 6.42 Å². The summed E-state index contributed by atoms with van der Waals surface area (Å²) in [5.41, 5.74) is 0. The van der Waals surface area contributed by atoms with E-state index < -0.39 is 12.0 Å². The second-order valence-corrected chi connectivity index (χ2v) is 5.75. The van der Waals surface area contributed by atoms with Gasteiger partial charge in [0.25, 0.3) is 0 Å². The van der Waals surface area contributed by atoms with Crippen molar-refractivity contribution in [2.45, 2.75) is 36.4 Å². The summed E-state index contributed by atoms with van der Waals surface area (Å²) in [5.74, 6) is -0.927. The van der Waals surface area contributed by atoms with Crippen molar-refractivity contribution in [1.29, 1.82) is 0 Å². The van der Waals surface area contributed by atoms with Gasteiger partial charge in [0, 0.05) is 4.75 Å². The summed E-state index contributed by atoms with van der Waals surface area (Å²) in [4.78, 5) is 23.6. The summed E-state index contributed by atoms with van der Waals surface area (Å²) in [6, 6.07) is -0.649. The Morgan fingerprint density at radius 1 is 1.64 bits per heavy atom. The van der Waals surface area contributed by atoms with E-state index in [9.17, 15) is 9.59 Å². The van der Waals surface area contributed by atoms with Crippen molar-refractivity contribution in [3.05, 3.63) is 0 Å². The first-order valence-corrected chi connectivity index (χ1v) is 5.03. The molecule has 0 aromatic heterocycles. The topological polar surface area (TPSA) is 57.6 Å². The molecule has 2 atom stereocenters. The molecule has 0 bridgehead atoms. The predicted octanol–water partition coefficient (Wildman–Crippen LogP) is -0.125. The van der Waals surface area contributed by atoms with Crippen LogP contribution in [0, 0.1) is 0 Å². The number of carbonyl (C=O) groups excluding carboxylic acids is 1. The van der Waals surface area contributed by atoms with Crippen molar-refractivity contribution in [2.75, 3.05) is 0 Å². The van der Waals surface area contributed by atoms with E-state index in [2.05, 4.69) is 0 Å². The van der Waals surface area contributed by atoms with Crippen molar-refractivity contribution in [2.24, 2.45) is 0 Å². The Morgan fingerprint density at radius 2 is 2.21 bits per heavy atom. The van der Waals surface area contributed by atoms with Gasteiger partial charge >= 0.3 is 35.5 Å². The molecule has 0 aromatic rings. The van der Waals surface area contributed by atoms with E-state index >= 15 is 0 Å². The van der Waals surface area contributed by atoms with Crippen molar-refractivity contribution in [3.8, 4) is 0 Å². The second-order valence-electron chi connectivity index (χ2n) is 3.92. The average Bonchev–Trinajstić information content (AvgIpc) is 2.18. The van der Waals surface area contributed by atoms with Gasteiger partial charge in [-0.15, -0.1) is 11.8 Å². The van der Waals surface area contributed by atoms with E-state index in [4.69, 9.17) is 5.11 Å². The number of β-lactam (4-membered cyclic amide) rings is 1. The molecule has 0 radical (unpaired) electrons. The zero-order valence-corrected chi connectivity index (χ0v) is 8.30. The number of nitrogens with zero attached hydrogens (tertiary/aromatic N) is 1. The maximum atomic E-state index is 11.2. The van der Waals surface area contributed by atoms with Crippen LogP contribution < -0.4 is 0 Å². The van der Waals surface area contributed by atoms with Crippen molar-refractivity contribution in [3.63, 3.8) is 0 Å². The van der Waals surface area contributed by atoms with Gasteiger partial charge in [-0.3, -0.25) is 4.79 Å². The molecule has 0 spiro atoms. The van der Waals surface area contributed by atoms with Gasteiger partial charge in [0.1, 0.15) is 6.04 Å². The third kappa shape index (κ3) is 1.60. The van der Waals surface area contributed by atoms with Crippen LogP contribution in [0.4, 0.5) is 0 Å². The molecular formula is C8H12NNaO3S. The van der Waals surface area contributed by atoms with E-state index in [1.807, 2.05) is 13.8 Å². The van der Waals surface area contributed by atoms with Crippen LogP contribution in [-0.2, 0) is 9.59 Å². The van der Waals surface area contributed by atoms with Crippen LogP contribution in [0.25, 0.3) is 0 Å². The fraction of sp³-hybridized carbons (Fsp3) is 0.750. The number of thioether (sulfide) groups is 1. The Balaban J connectivity index is 0.000000980. The molecule has 1 N–H and O–H groups in total. The van der Waals surface area contributed by atoms with Gasteiger partial charge in [0.15, 0.2) is 0 Å². The minimum atomic E-state index is -0.895. The molecule has 6 heteroatoms. The van der Waals surface area contributed by atoms with Gasteiger partial charge in [-0.2, -0.15) is 0 Å². The van der Waals surface area contributed by atoms with E-state index in [-0.39, 0.29) is 45.6 Å². The number of rotatable bonds is 1. The molecule has 0 aliphatic carbocycles. The third-order valence-electron chi connectivity index (χ3n) is 2.56. The minimum absolute atomic E-state index is 0. The van der Waals surface area contributed by atoms with Crippen LogP contribution in [0.15, 0.2) is 0 Å². The molecule has 2 fully saturated rings. The summed E-state index contributed by atoms with van der Waals surface area (Å²) in [7, 11) is 0. The number of carboxylic acids is 1. The average molecular weight is 225 g/mol. The maximum absolute atomic E-state index is 11.2. The zero-order chi connectivity index (χ0) is 9.80. The van der Waals surface area contributed by atoms with Gasteiger partial charge in [0.05, 0.1) is 11.8 Å². The van der Waals surface area contributed by atoms with Crippen molar-refractivity contribution >= 4 is 53.2 Å². The fourth-order valence-corrected chi connectivity index (χ4v) is 3.60. The quantitative estimate of drug-likeness (QED) is 0.499. The first kappa shape index (κ1) is 12.4. The number of fused-ring (bicyclic) bond motifs is 1. The molecular weight excluding hydrogens is 213 g/mol. The first-order valence-electron chi connectivity index (χ1n) is 4.15. The number of aliphatic carboxylic acids is 1. The summed E-state index contributed by atoms with van der Waals surface area (Å²) >= 11 is 1.58. The van der Waals surface area contributed by atoms with Crippen LogP contribution in [-0.4, -0.2) is 67.6 Å². The van der Waals surface area contributed by atoms with Gasteiger partial charge < -0.3 is 10.0 Å². The molecule has 2 saturated heterocycles. The summed E-state index contributed by atoms with van der Waals surface area (Å²) < 4.78 is -0.358. The third-order valence-corrected chi connectivity index (χ3v) is 4.05. The molecule has 1 amide bonds. The van der Waals surface area contributed by atoms with Crippen LogP contribution >= 0.6 is 11.8 Å². The number of amides is 1. The molecule has 2 aliphatic rings. The number of carboxylic acid groups (broad SMARTS) is 1. The van der Waals surface area contributed by atoms with Crippen molar-refractivity contribution < 1.29 is 14.7 Å². The summed E-state index contributed by atoms with van der Waals surface area (Å²) in [6.07, 6.45) is 0.498. The van der Waals surface area contributed by atoms with Gasteiger partial charge in [-0.05, 0) is 13.8 Å².